The summed E-state index contributed by atoms with van der Waals surface area (Å²) in [6, 6.07) is 10.1. The van der Waals surface area contributed by atoms with Crippen molar-refractivity contribution in [3.05, 3.63) is 48.0 Å². The number of rotatable bonds is 1. The highest BCUT2D eigenvalue weighted by atomic mass is 16.3. The fourth-order valence-corrected chi connectivity index (χ4v) is 1.65. The van der Waals surface area contributed by atoms with E-state index in [-0.39, 0.29) is 12.0 Å². The van der Waals surface area contributed by atoms with Crippen molar-refractivity contribution in [3.8, 4) is 0 Å². The molecule has 2 rings (SSSR count). The molecule has 1 aliphatic rings. The van der Waals surface area contributed by atoms with Gasteiger partial charge >= 0.3 is 0 Å². The van der Waals surface area contributed by atoms with Crippen LogP contribution in [0.25, 0.3) is 0 Å². The van der Waals surface area contributed by atoms with Gasteiger partial charge in [0.15, 0.2) is 0 Å². The van der Waals surface area contributed by atoms with Gasteiger partial charge in [0.1, 0.15) is 0 Å². The monoisotopic (exact) mass is 160 g/mol. The Morgan fingerprint density at radius 2 is 1.92 bits per heavy atom. The van der Waals surface area contributed by atoms with E-state index in [2.05, 4.69) is 18.2 Å². The normalized spacial score (nSPS) is 27.8. The lowest BCUT2D eigenvalue weighted by Gasteiger charge is -2.13. The number of aliphatic hydroxyl groups excluding tert-OH is 1. The van der Waals surface area contributed by atoms with Crippen molar-refractivity contribution in [2.45, 2.75) is 18.4 Å². The van der Waals surface area contributed by atoms with Gasteiger partial charge < -0.3 is 5.11 Å². The first-order valence-corrected chi connectivity index (χ1v) is 4.27. The van der Waals surface area contributed by atoms with Gasteiger partial charge in [-0.3, -0.25) is 0 Å². The van der Waals surface area contributed by atoms with Gasteiger partial charge in [0.25, 0.3) is 0 Å². The van der Waals surface area contributed by atoms with Gasteiger partial charge in [0.05, 0.1) is 6.10 Å². The minimum Gasteiger partial charge on any atom is -0.392 e. The lowest BCUT2D eigenvalue weighted by molar-refractivity contribution is 0.171. The van der Waals surface area contributed by atoms with Crippen molar-refractivity contribution in [2.24, 2.45) is 0 Å². The quantitative estimate of drug-likeness (QED) is 0.624. The molecule has 0 unspecified atom stereocenters. The van der Waals surface area contributed by atoms with Crippen molar-refractivity contribution >= 4 is 0 Å². The van der Waals surface area contributed by atoms with E-state index in [1.54, 1.807) is 0 Å². The first-order valence-electron chi connectivity index (χ1n) is 4.27. The van der Waals surface area contributed by atoms with Crippen LogP contribution in [0.4, 0.5) is 0 Å². The van der Waals surface area contributed by atoms with Gasteiger partial charge in [0, 0.05) is 5.92 Å². The van der Waals surface area contributed by atoms with E-state index in [1.165, 1.54) is 5.56 Å². The molecular formula is C11H12O. The molecule has 0 bridgehead atoms. The predicted octanol–water partition coefficient (Wildman–Crippen LogP) is 2.09. The summed E-state index contributed by atoms with van der Waals surface area (Å²) in [5.74, 6) is 0.214. The van der Waals surface area contributed by atoms with Crippen molar-refractivity contribution in [1.29, 1.82) is 0 Å². The first kappa shape index (κ1) is 7.56. The Morgan fingerprint density at radius 1 is 1.17 bits per heavy atom. The number of hydrogen-bond acceptors (Lipinski definition) is 1. The molecule has 12 heavy (non-hydrogen) atoms. The molecule has 62 valence electrons. The number of aliphatic hydroxyl groups is 1. The zero-order chi connectivity index (χ0) is 8.39. The van der Waals surface area contributed by atoms with Gasteiger partial charge in [-0.05, 0) is 12.0 Å². The van der Waals surface area contributed by atoms with Crippen molar-refractivity contribution in [3.63, 3.8) is 0 Å². The van der Waals surface area contributed by atoms with Crippen LogP contribution in [0.3, 0.4) is 0 Å². The highest BCUT2D eigenvalue weighted by Crippen LogP contribution is 2.28. The summed E-state index contributed by atoms with van der Waals surface area (Å²) in [4.78, 5) is 0. The van der Waals surface area contributed by atoms with Crippen LogP contribution in [0.15, 0.2) is 42.5 Å². The molecular weight excluding hydrogens is 148 g/mol. The Kier molecular flexibility index (Phi) is 1.96. The Bertz CT molecular complexity index is 276. The second kappa shape index (κ2) is 3.11. The zero-order valence-electron chi connectivity index (χ0n) is 6.85. The Labute approximate surface area is 72.4 Å². The van der Waals surface area contributed by atoms with Crippen LogP contribution in [-0.4, -0.2) is 11.2 Å². The number of hydrogen-bond donors (Lipinski definition) is 1. The smallest absolute Gasteiger partial charge is 0.0677 e. The topological polar surface area (TPSA) is 20.2 Å². The molecule has 0 fully saturated rings. The third-order valence-electron chi connectivity index (χ3n) is 2.32. The second-order valence-electron chi connectivity index (χ2n) is 3.17. The van der Waals surface area contributed by atoms with E-state index in [4.69, 9.17) is 0 Å². The van der Waals surface area contributed by atoms with Gasteiger partial charge in [-0.2, -0.15) is 0 Å². The molecule has 0 amide bonds. The van der Waals surface area contributed by atoms with Crippen molar-refractivity contribution < 1.29 is 5.11 Å². The Balaban J connectivity index is 2.25. The maximum absolute atomic E-state index is 9.58. The highest BCUT2D eigenvalue weighted by molar-refractivity contribution is 5.27. The van der Waals surface area contributed by atoms with E-state index < -0.39 is 0 Å². The van der Waals surface area contributed by atoms with Crippen LogP contribution in [0.5, 0.6) is 0 Å². The summed E-state index contributed by atoms with van der Waals surface area (Å²) >= 11 is 0. The average molecular weight is 160 g/mol. The average Bonchev–Trinajstić information content (AvgIpc) is 2.53. The molecule has 1 heteroatoms. The standard InChI is InChI=1S/C11H12O/c12-11-8-4-7-10(11)9-5-2-1-3-6-9/h1-7,10-12H,8H2/t10-,11-/m0/s1. The summed E-state index contributed by atoms with van der Waals surface area (Å²) in [6.45, 7) is 0. The van der Waals surface area contributed by atoms with Crippen LogP contribution in [0, 0.1) is 0 Å². The van der Waals surface area contributed by atoms with Crippen LogP contribution in [0.2, 0.25) is 0 Å². The first-order chi connectivity index (χ1) is 5.88. The molecule has 2 atom stereocenters. The van der Waals surface area contributed by atoms with E-state index in [9.17, 15) is 5.11 Å². The van der Waals surface area contributed by atoms with E-state index in [0.717, 1.165) is 6.42 Å². The predicted molar refractivity (Wildman–Crippen MR) is 48.9 cm³/mol. The van der Waals surface area contributed by atoms with Crippen molar-refractivity contribution in [2.75, 3.05) is 0 Å². The van der Waals surface area contributed by atoms with Crippen LogP contribution < -0.4 is 0 Å². The van der Waals surface area contributed by atoms with E-state index in [1.807, 2.05) is 24.3 Å². The molecule has 0 spiro atoms. The summed E-state index contributed by atoms with van der Waals surface area (Å²) in [5, 5.41) is 9.58. The van der Waals surface area contributed by atoms with Gasteiger partial charge in [-0.1, -0.05) is 42.5 Å². The van der Waals surface area contributed by atoms with Gasteiger partial charge in [-0.15, -0.1) is 0 Å². The molecule has 1 aliphatic carbocycles. The molecule has 0 aliphatic heterocycles. The molecule has 0 saturated carbocycles. The summed E-state index contributed by atoms with van der Waals surface area (Å²) in [7, 11) is 0. The lowest BCUT2D eigenvalue weighted by atomic mass is 9.97. The highest BCUT2D eigenvalue weighted by Gasteiger charge is 2.20. The minimum atomic E-state index is -0.215. The largest absolute Gasteiger partial charge is 0.392 e. The van der Waals surface area contributed by atoms with Crippen molar-refractivity contribution in [1.82, 2.24) is 0 Å². The SMILES string of the molecule is O[C@H]1CC=C[C@H]1c1ccccc1. The zero-order valence-corrected chi connectivity index (χ0v) is 6.85. The summed E-state index contributed by atoms with van der Waals surface area (Å²) < 4.78 is 0. The lowest BCUT2D eigenvalue weighted by Crippen LogP contribution is -2.10. The maximum atomic E-state index is 9.58. The third-order valence-corrected chi connectivity index (χ3v) is 2.32. The molecule has 0 heterocycles. The fraction of sp³-hybridized carbons (Fsp3) is 0.273. The minimum absolute atomic E-state index is 0.214. The molecule has 0 saturated heterocycles. The second-order valence-corrected chi connectivity index (χ2v) is 3.17. The summed E-state index contributed by atoms with van der Waals surface area (Å²) in [5.41, 5.74) is 1.21. The summed E-state index contributed by atoms with van der Waals surface area (Å²) in [6.07, 6.45) is 4.70. The molecule has 0 radical (unpaired) electrons. The fourth-order valence-electron chi connectivity index (χ4n) is 1.65. The molecule has 1 nitrogen and oxygen atoms in total. The van der Waals surface area contributed by atoms with E-state index >= 15 is 0 Å². The number of benzene rings is 1. The Hall–Kier alpha value is -1.08. The molecule has 0 aromatic heterocycles. The molecule has 1 N–H and O–H groups in total. The third kappa shape index (κ3) is 1.28. The van der Waals surface area contributed by atoms with E-state index in [0.29, 0.717) is 0 Å². The van der Waals surface area contributed by atoms with Crippen LogP contribution in [-0.2, 0) is 0 Å². The maximum Gasteiger partial charge on any atom is 0.0677 e. The van der Waals surface area contributed by atoms with Gasteiger partial charge in [-0.25, -0.2) is 0 Å². The Morgan fingerprint density at radius 3 is 2.50 bits per heavy atom. The van der Waals surface area contributed by atoms with Gasteiger partial charge in [0.2, 0.25) is 0 Å². The van der Waals surface area contributed by atoms with Crippen LogP contribution in [0.1, 0.15) is 17.9 Å². The molecule has 1 aromatic carbocycles. The van der Waals surface area contributed by atoms with Crippen LogP contribution >= 0.6 is 0 Å². The molecule has 1 aromatic rings.